The maximum Gasteiger partial charge on any atom is 0.335 e. The van der Waals surface area contributed by atoms with Gasteiger partial charge in [-0.25, -0.2) is 9.59 Å². The summed E-state index contributed by atoms with van der Waals surface area (Å²) < 4.78 is 0. The van der Waals surface area contributed by atoms with Crippen LogP contribution in [0.5, 0.6) is 0 Å². The number of carboxylic acids is 3. The predicted molar refractivity (Wildman–Crippen MR) is 69.7 cm³/mol. The van der Waals surface area contributed by atoms with E-state index in [1.807, 2.05) is 6.92 Å². The highest BCUT2D eigenvalue weighted by molar-refractivity contribution is 5.83. The van der Waals surface area contributed by atoms with Crippen molar-refractivity contribution in [3.63, 3.8) is 0 Å². The molecule has 21 heavy (non-hydrogen) atoms. The second kappa shape index (κ2) is 8.55. The van der Waals surface area contributed by atoms with Gasteiger partial charge in [0.05, 0.1) is 5.41 Å². The van der Waals surface area contributed by atoms with Crippen molar-refractivity contribution in [3.05, 3.63) is 0 Å². The summed E-state index contributed by atoms with van der Waals surface area (Å²) in [4.78, 5) is 30.4. The maximum atomic E-state index is 10.9. The first kappa shape index (κ1) is 19.3. The van der Waals surface area contributed by atoms with Gasteiger partial charge in [-0.05, 0) is 25.8 Å². The van der Waals surface area contributed by atoms with Crippen LogP contribution < -0.4 is 5.32 Å². The molecule has 122 valence electrons. The molecule has 9 heteroatoms. The van der Waals surface area contributed by atoms with Gasteiger partial charge in [0, 0.05) is 6.54 Å². The first-order chi connectivity index (χ1) is 9.68. The van der Waals surface area contributed by atoms with E-state index < -0.39 is 35.5 Å². The minimum absolute atomic E-state index is 0.474. The second-order valence-electron chi connectivity index (χ2n) is 4.79. The number of piperidine rings is 1. The lowest BCUT2D eigenvalue weighted by Gasteiger charge is -2.32. The van der Waals surface area contributed by atoms with Crippen molar-refractivity contribution in [2.45, 2.75) is 38.4 Å². The fourth-order valence-electron chi connectivity index (χ4n) is 1.87. The van der Waals surface area contributed by atoms with Crippen molar-refractivity contribution in [2.24, 2.45) is 5.41 Å². The van der Waals surface area contributed by atoms with Crippen molar-refractivity contribution in [1.82, 2.24) is 5.32 Å². The molecule has 0 radical (unpaired) electrons. The zero-order valence-corrected chi connectivity index (χ0v) is 11.7. The molecule has 0 aliphatic carbocycles. The molecule has 1 saturated heterocycles. The van der Waals surface area contributed by atoms with E-state index in [0.717, 1.165) is 25.8 Å². The Bertz CT molecular complexity index is 359. The van der Waals surface area contributed by atoms with E-state index in [2.05, 4.69) is 5.32 Å². The number of rotatable bonds is 5. The molecule has 0 saturated carbocycles. The number of carbonyl (C=O) groups is 3. The number of aliphatic hydroxyl groups excluding tert-OH is 2. The van der Waals surface area contributed by atoms with E-state index in [-0.39, 0.29) is 0 Å². The Morgan fingerprint density at radius 2 is 1.57 bits per heavy atom. The zero-order valence-electron chi connectivity index (χ0n) is 11.7. The lowest BCUT2D eigenvalue weighted by atomic mass is 9.78. The molecule has 1 aliphatic rings. The minimum Gasteiger partial charge on any atom is -0.481 e. The first-order valence-electron chi connectivity index (χ1n) is 6.44. The third-order valence-electron chi connectivity index (χ3n) is 3.41. The van der Waals surface area contributed by atoms with Crippen molar-refractivity contribution in [2.75, 3.05) is 13.1 Å². The molecule has 2 unspecified atom stereocenters. The van der Waals surface area contributed by atoms with E-state index >= 15 is 0 Å². The highest BCUT2D eigenvalue weighted by Crippen LogP contribution is 2.29. The lowest BCUT2D eigenvalue weighted by Crippen LogP contribution is -2.45. The van der Waals surface area contributed by atoms with E-state index in [1.54, 1.807) is 0 Å². The summed E-state index contributed by atoms with van der Waals surface area (Å²) in [6.45, 7) is 3.55. The molecule has 1 fully saturated rings. The Morgan fingerprint density at radius 3 is 1.76 bits per heavy atom. The van der Waals surface area contributed by atoms with Crippen LogP contribution in [0.4, 0.5) is 0 Å². The average Bonchev–Trinajstić information content (AvgIpc) is 2.46. The fraction of sp³-hybridized carbons (Fsp3) is 0.750. The summed E-state index contributed by atoms with van der Waals surface area (Å²) >= 11 is 0. The predicted octanol–water partition coefficient (Wildman–Crippen LogP) is -1.27. The Balaban J connectivity index is 0.000000384. The molecular weight excluding hydrogens is 286 g/mol. The van der Waals surface area contributed by atoms with Gasteiger partial charge >= 0.3 is 17.9 Å². The smallest absolute Gasteiger partial charge is 0.335 e. The molecule has 0 aromatic heterocycles. The molecule has 1 heterocycles. The molecule has 0 amide bonds. The first-order valence-corrected chi connectivity index (χ1v) is 6.44. The molecule has 3 atom stereocenters. The lowest BCUT2D eigenvalue weighted by molar-refractivity contribution is -0.165. The number of hydrogen-bond acceptors (Lipinski definition) is 6. The fourth-order valence-corrected chi connectivity index (χ4v) is 1.87. The van der Waals surface area contributed by atoms with Crippen LogP contribution in [0.1, 0.15) is 26.2 Å². The van der Waals surface area contributed by atoms with Crippen molar-refractivity contribution >= 4 is 17.9 Å². The summed E-state index contributed by atoms with van der Waals surface area (Å²) in [7, 11) is 0. The van der Waals surface area contributed by atoms with Gasteiger partial charge in [-0.2, -0.15) is 0 Å². The Hall–Kier alpha value is -1.71. The zero-order chi connectivity index (χ0) is 16.6. The number of aliphatic hydroxyl groups is 2. The minimum atomic E-state index is -2.27. The highest BCUT2D eigenvalue weighted by atomic mass is 16.4. The molecular formula is C12H21NO8. The quantitative estimate of drug-likeness (QED) is 0.363. The third-order valence-corrected chi connectivity index (χ3v) is 3.41. The number of nitrogens with one attached hydrogen (secondary N) is 1. The molecule has 6 N–H and O–H groups in total. The van der Waals surface area contributed by atoms with Gasteiger partial charge in [0.25, 0.3) is 0 Å². The highest BCUT2D eigenvalue weighted by Gasteiger charge is 2.37. The Kier molecular flexibility index (Phi) is 7.85. The average molecular weight is 307 g/mol. The number of aliphatic carboxylic acids is 3. The summed E-state index contributed by atoms with van der Waals surface area (Å²) in [5, 5.41) is 44.6. The Morgan fingerprint density at radius 1 is 1.10 bits per heavy atom. The normalized spacial score (nSPS) is 24.1. The summed E-state index contributed by atoms with van der Waals surface area (Å²) in [6, 6.07) is 0. The van der Waals surface area contributed by atoms with E-state index in [9.17, 15) is 14.4 Å². The summed E-state index contributed by atoms with van der Waals surface area (Å²) in [5.41, 5.74) is -0.474. The summed E-state index contributed by atoms with van der Waals surface area (Å²) in [6.07, 6.45) is -1.99. The molecule has 9 nitrogen and oxygen atoms in total. The molecule has 1 rings (SSSR count). The molecule has 0 aromatic carbocycles. The molecule has 0 aromatic rings. The number of carboxylic acid groups (broad SMARTS) is 3. The van der Waals surface area contributed by atoms with E-state index in [0.29, 0.717) is 6.54 Å². The van der Waals surface area contributed by atoms with Crippen LogP contribution in [-0.4, -0.2) is 68.7 Å². The van der Waals surface area contributed by atoms with Gasteiger partial charge in [-0.3, -0.25) is 4.79 Å². The molecule has 0 bridgehead atoms. The van der Waals surface area contributed by atoms with Gasteiger partial charge in [0.15, 0.2) is 12.2 Å². The van der Waals surface area contributed by atoms with Gasteiger partial charge in [-0.15, -0.1) is 0 Å². The standard InChI is InChI=1S/C8H15NO2.C4H6O6/c1-2-8(7(10)11)4-3-5-9-6-8;5-1(3(7)8)2(6)4(9)10/h9H,2-6H2,1H3,(H,10,11);1-2,5-6H,(H,7,8)(H,9,10)/t8-;/m0./s1. The van der Waals surface area contributed by atoms with Crippen LogP contribution in [0.2, 0.25) is 0 Å². The maximum absolute atomic E-state index is 10.9. The van der Waals surface area contributed by atoms with Crippen LogP contribution >= 0.6 is 0 Å². The van der Waals surface area contributed by atoms with E-state index in [1.165, 1.54) is 0 Å². The van der Waals surface area contributed by atoms with Crippen LogP contribution in [0.15, 0.2) is 0 Å². The molecule has 0 spiro atoms. The third kappa shape index (κ3) is 5.66. The van der Waals surface area contributed by atoms with Gasteiger partial charge in [-0.1, -0.05) is 6.92 Å². The topological polar surface area (TPSA) is 164 Å². The SMILES string of the molecule is CC[C@]1(C(=O)O)CCCNC1.O=C(O)C(O)C(O)C(=O)O. The number of hydrogen-bond donors (Lipinski definition) is 6. The van der Waals surface area contributed by atoms with Crippen LogP contribution in [0.25, 0.3) is 0 Å². The van der Waals surface area contributed by atoms with Crippen LogP contribution in [-0.2, 0) is 14.4 Å². The van der Waals surface area contributed by atoms with Gasteiger partial charge in [0.2, 0.25) is 0 Å². The van der Waals surface area contributed by atoms with Crippen LogP contribution in [0, 0.1) is 5.41 Å². The van der Waals surface area contributed by atoms with Crippen molar-refractivity contribution in [1.29, 1.82) is 0 Å². The summed E-state index contributed by atoms with van der Waals surface area (Å²) in [5.74, 6) is -4.18. The molecule has 1 aliphatic heterocycles. The monoisotopic (exact) mass is 307 g/mol. The van der Waals surface area contributed by atoms with Crippen molar-refractivity contribution < 1.29 is 39.9 Å². The second-order valence-corrected chi connectivity index (χ2v) is 4.79. The van der Waals surface area contributed by atoms with E-state index in [4.69, 9.17) is 25.5 Å². The van der Waals surface area contributed by atoms with Crippen LogP contribution in [0.3, 0.4) is 0 Å². The van der Waals surface area contributed by atoms with Gasteiger partial charge < -0.3 is 30.8 Å². The van der Waals surface area contributed by atoms with Gasteiger partial charge in [0.1, 0.15) is 0 Å². The van der Waals surface area contributed by atoms with Crippen molar-refractivity contribution in [3.8, 4) is 0 Å². The Labute approximate surface area is 121 Å². The largest absolute Gasteiger partial charge is 0.481 e.